The lowest BCUT2D eigenvalue weighted by Crippen LogP contribution is -2.27. The normalized spacial score (nSPS) is 14.3. The van der Waals surface area contributed by atoms with E-state index in [1.807, 2.05) is 24.3 Å². The highest BCUT2D eigenvalue weighted by atomic mass is 16.3. The van der Waals surface area contributed by atoms with Crippen LogP contribution in [0.5, 0.6) is 0 Å². The lowest BCUT2D eigenvalue weighted by Gasteiger charge is -2.36. The second-order valence-corrected chi connectivity index (χ2v) is 15.1. The van der Waals surface area contributed by atoms with Gasteiger partial charge in [-0.15, -0.1) is 0 Å². The Morgan fingerprint density at radius 3 is 1.78 bits per heavy atom. The quantitative estimate of drug-likeness (QED) is 0.179. The average Bonchev–Trinajstić information content (AvgIpc) is 3.77. The van der Waals surface area contributed by atoms with E-state index in [2.05, 4.69) is 140 Å². The maximum absolute atomic E-state index is 6.30. The molecule has 0 N–H and O–H groups in total. The van der Waals surface area contributed by atoms with Crippen molar-refractivity contribution in [3.63, 3.8) is 0 Å². The predicted octanol–water partition coefficient (Wildman–Crippen LogP) is 13.3. The third kappa shape index (κ3) is 5.24. The van der Waals surface area contributed by atoms with Crippen molar-refractivity contribution in [1.82, 2.24) is 15.0 Å². The van der Waals surface area contributed by atoms with Crippen LogP contribution in [0.2, 0.25) is 0 Å². The Morgan fingerprint density at radius 1 is 0.382 bits per heavy atom. The molecule has 0 saturated heterocycles. The standard InChI is InChI=1S/C51H37N3O/c1-3-13-33(14-4-1)34-23-25-35(26-24-34)48-52-49(54-50(53-48)38-27-28-41-40-17-6-8-22-45(40)55-46(41)32-38)37-16-11-15-36(31-37)39-19-12-21-44-47(39)42-18-5-7-20-43(42)51(44)29-9-2-10-30-51/h1,3-8,11-28,31-32H,2,9-10,29-30H2. The molecule has 7 aromatic carbocycles. The number of aromatic nitrogens is 3. The molecule has 4 nitrogen and oxygen atoms in total. The van der Waals surface area contributed by atoms with Gasteiger partial charge in [-0.25, -0.2) is 15.0 Å². The monoisotopic (exact) mass is 707 g/mol. The van der Waals surface area contributed by atoms with Crippen molar-refractivity contribution in [3.8, 4) is 67.5 Å². The first-order valence-electron chi connectivity index (χ1n) is 19.4. The lowest BCUT2D eigenvalue weighted by molar-refractivity contribution is 0.353. The predicted molar refractivity (Wildman–Crippen MR) is 224 cm³/mol. The molecule has 2 heterocycles. The summed E-state index contributed by atoms with van der Waals surface area (Å²) in [6.45, 7) is 0. The maximum atomic E-state index is 6.30. The summed E-state index contributed by atoms with van der Waals surface area (Å²) < 4.78 is 6.30. The zero-order valence-electron chi connectivity index (χ0n) is 30.4. The lowest BCUT2D eigenvalue weighted by atomic mass is 9.68. The summed E-state index contributed by atoms with van der Waals surface area (Å²) in [7, 11) is 0. The van der Waals surface area contributed by atoms with Gasteiger partial charge < -0.3 is 4.42 Å². The molecule has 2 aliphatic carbocycles. The summed E-state index contributed by atoms with van der Waals surface area (Å²) in [5, 5.41) is 2.17. The van der Waals surface area contributed by atoms with Crippen LogP contribution in [-0.4, -0.2) is 15.0 Å². The summed E-state index contributed by atoms with van der Waals surface area (Å²) in [6.07, 6.45) is 6.29. The van der Waals surface area contributed by atoms with Crippen molar-refractivity contribution < 1.29 is 4.42 Å². The fourth-order valence-corrected chi connectivity index (χ4v) is 9.34. The minimum Gasteiger partial charge on any atom is -0.456 e. The minimum absolute atomic E-state index is 0.104. The molecule has 4 heteroatoms. The number of rotatable bonds is 5. The van der Waals surface area contributed by atoms with Crippen molar-refractivity contribution >= 4 is 21.9 Å². The fourth-order valence-electron chi connectivity index (χ4n) is 9.34. The number of hydrogen-bond acceptors (Lipinski definition) is 4. The van der Waals surface area contributed by atoms with Crippen molar-refractivity contribution in [2.75, 3.05) is 0 Å². The van der Waals surface area contributed by atoms with Gasteiger partial charge in [0.05, 0.1) is 0 Å². The molecule has 1 spiro atoms. The molecule has 0 radical (unpaired) electrons. The molecule has 0 amide bonds. The summed E-state index contributed by atoms with van der Waals surface area (Å²) in [6, 6.07) is 58.2. The molecule has 2 aliphatic rings. The van der Waals surface area contributed by atoms with Gasteiger partial charge in [0.2, 0.25) is 0 Å². The number of benzene rings is 7. The summed E-state index contributed by atoms with van der Waals surface area (Å²) in [5.74, 6) is 1.87. The average molecular weight is 708 g/mol. The van der Waals surface area contributed by atoms with Gasteiger partial charge in [0.15, 0.2) is 17.5 Å². The molecule has 0 bridgehead atoms. The second-order valence-electron chi connectivity index (χ2n) is 15.1. The van der Waals surface area contributed by atoms with Crippen LogP contribution >= 0.6 is 0 Å². The molecular weight excluding hydrogens is 671 g/mol. The Kier molecular flexibility index (Phi) is 7.38. The molecule has 1 fully saturated rings. The van der Waals surface area contributed by atoms with Crippen LogP contribution in [0.25, 0.3) is 89.5 Å². The van der Waals surface area contributed by atoms with Gasteiger partial charge in [-0.05, 0) is 81.6 Å². The van der Waals surface area contributed by atoms with Crippen LogP contribution in [-0.2, 0) is 5.41 Å². The number of fused-ring (bicyclic) bond motifs is 8. The van der Waals surface area contributed by atoms with Crippen LogP contribution in [0.3, 0.4) is 0 Å². The SMILES string of the molecule is c1ccc(-c2ccc(-c3nc(-c4cccc(-c5cccc6c5-c5ccccc5C65CCCCC5)c4)nc(-c4ccc5c(c4)oc4ccccc45)n3)cc2)cc1. The van der Waals surface area contributed by atoms with Gasteiger partial charge in [0.1, 0.15) is 11.2 Å². The smallest absolute Gasteiger partial charge is 0.164 e. The van der Waals surface area contributed by atoms with Crippen LogP contribution in [0.1, 0.15) is 43.2 Å². The molecular formula is C51H37N3O. The van der Waals surface area contributed by atoms with Crippen LogP contribution in [0.4, 0.5) is 0 Å². The second kappa shape index (κ2) is 12.7. The zero-order chi connectivity index (χ0) is 36.3. The Labute approximate surface area is 320 Å². The topological polar surface area (TPSA) is 51.8 Å². The van der Waals surface area contributed by atoms with Crippen LogP contribution < -0.4 is 0 Å². The highest BCUT2D eigenvalue weighted by Crippen LogP contribution is 2.57. The maximum Gasteiger partial charge on any atom is 0.164 e. The first-order chi connectivity index (χ1) is 27.2. The van der Waals surface area contributed by atoms with E-state index in [-0.39, 0.29) is 5.41 Å². The number of hydrogen-bond donors (Lipinski definition) is 0. The molecule has 2 aromatic heterocycles. The van der Waals surface area contributed by atoms with E-state index in [9.17, 15) is 0 Å². The zero-order valence-corrected chi connectivity index (χ0v) is 30.4. The van der Waals surface area contributed by atoms with E-state index in [0.717, 1.165) is 49.8 Å². The van der Waals surface area contributed by atoms with Gasteiger partial charge in [0, 0.05) is 32.9 Å². The van der Waals surface area contributed by atoms with Gasteiger partial charge in [-0.2, -0.15) is 0 Å². The van der Waals surface area contributed by atoms with E-state index < -0.39 is 0 Å². The van der Waals surface area contributed by atoms with Crippen molar-refractivity contribution in [3.05, 3.63) is 175 Å². The molecule has 9 aromatic rings. The molecule has 11 rings (SSSR count). The van der Waals surface area contributed by atoms with E-state index in [1.54, 1.807) is 0 Å². The Morgan fingerprint density at radius 2 is 0.945 bits per heavy atom. The fraction of sp³-hybridized carbons (Fsp3) is 0.118. The number of furan rings is 1. The molecule has 0 aliphatic heterocycles. The Balaban J connectivity index is 1.06. The first kappa shape index (κ1) is 31.8. The van der Waals surface area contributed by atoms with Gasteiger partial charge in [-0.3, -0.25) is 0 Å². The highest BCUT2D eigenvalue weighted by molar-refractivity contribution is 6.05. The summed E-state index contributed by atoms with van der Waals surface area (Å²) >= 11 is 0. The van der Waals surface area contributed by atoms with Gasteiger partial charge in [-0.1, -0.05) is 159 Å². The van der Waals surface area contributed by atoms with E-state index in [1.165, 1.54) is 65.5 Å². The molecule has 1 saturated carbocycles. The van der Waals surface area contributed by atoms with Crippen LogP contribution in [0.15, 0.2) is 168 Å². The van der Waals surface area contributed by atoms with Gasteiger partial charge in [0.25, 0.3) is 0 Å². The molecule has 0 atom stereocenters. The first-order valence-corrected chi connectivity index (χ1v) is 19.4. The van der Waals surface area contributed by atoms with Gasteiger partial charge >= 0.3 is 0 Å². The van der Waals surface area contributed by atoms with Crippen molar-refractivity contribution in [2.45, 2.75) is 37.5 Å². The third-order valence-corrected chi connectivity index (χ3v) is 12.0. The molecule has 0 unspecified atom stereocenters. The third-order valence-electron chi connectivity index (χ3n) is 12.0. The Bertz CT molecular complexity index is 2900. The molecule has 55 heavy (non-hydrogen) atoms. The molecule has 262 valence electrons. The van der Waals surface area contributed by atoms with E-state index in [0.29, 0.717) is 17.5 Å². The van der Waals surface area contributed by atoms with E-state index in [4.69, 9.17) is 19.4 Å². The Hall–Kier alpha value is -6.65. The summed E-state index contributed by atoms with van der Waals surface area (Å²) in [4.78, 5) is 15.4. The number of para-hydroxylation sites is 1. The van der Waals surface area contributed by atoms with E-state index >= 15 is 0 Å². The minimum atomic E-state index is 0.104. The van der Waals surface area contributed by atoms with Crippen LogP contribution in [0, 0.1) is 0 Å². The highest BCUT2D eigenvalue weighted by Gasteiger charge is 2.44. The van der Waals surface area contributed by atoms with Crippen molar-refractivity contribution in [1.29, 1.82) is 0 Å². The largest absolute Gasteiger partial charge is 0.456 e. The summed E-state index contributed by atoms with van der Waals surface area (Å²) in [5.41, 5.74) is 15.0. The van der Waals surface area contributed by atoms with Crippen molar-refractivity contribution in [2.24, 2.45) is 0 Å². The number of nitrogens with zero attached hydrogens (tertiary/aromatic N) is 3.